The molecule has 18 heavy (non-hydrogen) atoms. The van der Waals surface area contributed by atoms with Crippen molar-refractivity contribution in [2.75, 3.05) is 19.6 Å². The first-order valence-corrected chi connectivity index (χ1v) is 6.35. The van der Waals surface area contributed by atoms with Crippen molar-refractivity contribution in [3.05, 3.63) is 0 Å². The normalized spacial score (nSPS) is 17.4. The highest BCUT2D eigenvalue weighted by Gasteiger charge is 2.23. The number of hydrogen-bond acceptors (Lipinski definition) is 4. The number of guanidine groups is 1. The first-order valence-electron chi connectivity index (χ1n) is 6.35. The summed E-state index contributed by atoms with van der Waals surface area (Å²) in [6.07, 6.45) is 1.36. The molecule has 1 fully saturated rings. The second-order valence-electron chi connectivity index (χ2n) is 5.64. The van der Waals surface area contributed by atoms with E-state index in [0.717, 1.165) is 25.9 Å². The van der Waals surface area contributed by atoms with Gasteiger partial charge < -0.3 is 15.4 Å². The number of rotatable bonds is 1. The maximum atomic E-state index is 11.5. The molecule has 1 amide bonds. The smallest absolute Gasteiger partial charge is 0.414 e. The SMILES string of the molecule is CC(C)(C)OC(=O)NC(=N)N1CCC(CN)CC1. The number of carbonyl (C=O) groups is 1. The van der Waals surface area contributed by atoms with Crippen molar-refractivity contribution in [1.82, 2.24) is 10.2 Å². The van der Waals surface area contributed by atoms with Gasteiger partial charge in [-0.05, 0) is 46.1 Å². The molecule has 0 radical (unpaired) electrons. The number of nitrogens with zero attached hydrogens (tertiary/aromatic N) is 1. The third-order valence-electron chi connectivity index (χ3n) is 2.88. The molecule has 0 aromatic carbocycles. The molecule has 1 heterocycles. The highest BCUT2D eigenvalue weighted by atomic mass is 16.6. The van der Waals surface area contributed by atoms with Gasteiger partial charge in [0, 0.05) is 13.1 Å². The third kappa shape index (κ3) is 4.91. The van der Waals surface area contributed by atoms with Crippen molar-refractivity contribution < 1.29 is 9.53 Å². The van der Waals surface area contributed by atoms with Gasteiger partial charge in [-0.3, -0.25) is 10.7 Å². The lowest BCUT2D eigenvalue weighted by atomic mass is 9.97. The average Bonchev–Trinajstić information content (AvgIpc) is 2.26. The van der Waals surface area contributed by atoms with Gasteiger partial charge in [-0.25, -0.2) is 4.79 Å². The summed E-state index contributed by atoms with van der Waals surface area (Å²) in [5, 5.41) is 10.3. The minimum Gasteiger partial charge on any atom is -0.444 e. The fourth-order valence-electron chi connectivity index (χ4n) is 1.87. The van der Waals surface area contributed by atoms with E-state index in [1.54, 1.807) is 20.8 Å². The minimum atomic E-state index is -0.576. The van der Waals surface area contributed by atoms with Gasteiger partial charge in [-0.15, -0.1) is 0 Å². The number of piperidine rings is 1. The molecule has 6 heteroatoms. The van der Waals surface area contributed by atoms with Crippen LogP contribution in [0.25, 0.3) is 0 Å². The number of carbonyl (C=O) groups excluding carboxylic acids is 1. The predicted molar refractivity (Wildman–Crippen MR) is 70.4 cm³/mol. The molecule has 0 aromatic heterocycles. The van der Waals surface area contributed by atoms with E-state index in [-0.39, 0.29) is 5.96 Å². The highest BCUT2D eigenvalue weighted by Crippen LogP contribution is 2.15. The average molecular weight is 256 g/mol. The van der Waals surface area contributed by atoms with Crippen LogP contribution in [0, 0.1) is 11.3 Å². The van der Waals surface area contributed by atoms with Gasteiger partial charge in [0.25, 0.3) is 0 Å². The number of hydrogen-bond donors (Lipinski definition) is 3. The molecule has 0 aromatic rings. The highest BCUT2D eigenvalue weighted by molar-refractivity contribution is 5.92. The Bertz CT molecular complexity index is 304. The van der Waals surface area contributed by atoms with Crippen molar-refractivity contribution >= 4 is 12.1 Å². The number of likely N-dealkylation sites (tertiary alicyclic amines) is 1. The summed E-state index contributed by atoms with van der Waals surface area (Å²) in [5.74, 6) is 0.648. The van der Waals surface area contributed by atoms with Crippen LogP contribution >= 0.6 is 0 Å². The summed E-state index contributed by atoms with van der Waals surface area (Å²) in [6, 6.07) is 0. The lowest BCUT2D eigenvalue weighted by molar-refractivity contribution is 0.0554. The van der Waals surface area contributed by atoms with Crippen LogP contribution in [-0.4, -0.2) is 42.2 Å². The number of nitrogens with one attached hydrogen (secondary N) is 2. The van der Waals surface area contributed by atoms with Crippen LogP contribution in [0.4, 0.5) is 4.79 Å². The number of nitrogens with two attached hydrogens (primary N) is 1. The molecule has 1 aliphatic rings. The predicted octanol–water partition coefficient (Wildman–Crippen LogP) is 1.12. The number of alkyl carbamates (subject to hydrolysis) is 1. The zero-order valence-corrected chi connectivity index (χ0v) is 11.5. The van der Waals surface area contributed by atoms with E-state index >= 15 is 0 Å². The molecule has 104 valence electrons. The topological polar surface area (TPSA) is 91.4 Å². The third-order valence-corrected chi connectivity index (χ3v) is 2.88. The molecule has 0 spiro atoms. The van der Waals surface area contributed by atoms with Crippen molar-refractivity contribution in [3.63, 3.8) is 0 Å². The molecule has 0 saturated carbocycles. The maximum Gasteiger partial charge on any atom is 0.414 e. The maximum absolute atomic E-state index is 11.5. The van der Waals surface area contributed by atoms with Gasteiger partial charge in [-0.2, -0.15) is 0 Å². The molecule has 0 aliphatic carbocycles. The molecule has 0 unspecified atom stereocenters. The second kappa shape index (κ2) is 6.04. The molecule has 0 bridgehead atoms. The standard InChI is InChI=1S/C12H24N4O2/c1-12(2,3)18-11(17)15-10(14)16-6-4-9(8-13)5-7-16/h9H,4-8,13H2,1-3H3,(H2,14,15,17). The summed E-state index contributed by atoms with van der Waals surface area (Å²) >= 11 is 0. The second-order valence-corrected chi connectivity index (χ2v) is 5.64. The molecule has 4 N–H and O–H groups in total. The molecule has 1 rings (SSSR count). The molecule has 1 aliphatic heterocycles. The van der Waals surface area contributed by atoms with E-state index in [4.69, 9.17) is 15.9 Å². The van der Waals surface area contributed by atoms with E-state index in [1.807, 2.05) is 4.90 Å². The Morgan fingerprint density at radius 2 is 2.00 bits per heavy atom. The summed E-state index contributed by atoms with van der Waals surface area (Å²) in [4.78, 5) is 13.4. The summed E-state index contributed by atoms with van der Waals surface area (Å²) in [7, 11) is 0. The zero-order chi connectivity index (χ0) is 13.8. The van der Waals surface area contributed by atoms with E-state index < -0.39 is 11.7 Å². The van der Waals surface area contributed by atoms with Crippen LogP contribution < -0.4 is 11.1 Å². The number of ether oxygens (including phenoxy) is 1. The Kier molecular flexibility index (Phi) is 4.95. The lowest BCUT2D eigenvalue weighted by Crippen LogP contribution is -2.48. The van der Waals surface area contributed by atoms with Crippen LogP contribution in [0.15, 0.2) is 0 Å². The first-order chi connectivity index (χ1) is 8.31. The quantitative estimate of drug-likeness (QED) is 0.484. The molecular formula is C12H24N4O2. The first kappa shape index (κ1) is 14.8. The summed E-state index contributed by atoms with van der Waals surface area (Å²) < 4.78 is 5.10. The van der Waals surface area contributed by atoms with Crippen LogP contribution in [-0.2, 0) is 4.74 Å². The molecular weight excluding hydrogens is 232 g/mol. The van der Waals surface area contributed by atoms with Gasteiger partial charge in [0.05, 0.1) is 0 Å². The van der Waals surface area contributed by atoms with Crippen LogP contribution in [0.5, 0.6) is 0 Å². The Morgan fingerprint density at radius 3 is 2.44 bits per heavy atom. The van der Waals surface area contributed by atoms with Crippen molar-refractivity contribution in [2.24, 2.45) is 11.7 Å². The van der Waals surface area contributed by atoms with E-state index in [2.05, 4.69) is 5.32 Å². The van der Waals surface area contributed by atoms with Gasteiger partial charge in [0.2, 0.25) is 5.96 Å². The fourth-order valence-corrected chi connectivity index (χ4v) is 1.87. The molecule has 1 saturated heterocycles. The van der Waals surface area contributed by atoms with E-state index in [9.17, 15) is 4.79 Å². The minimum absolute atomic E-state index is 0.111. The largest absolute Gasteiger partial charge is 0.444 e. The Morgan fingerprint density at radius 1 is 1.44 bits per heavy atom. The van der Waals surface area contributed by atoms with Gasteiger partial charge in [-0.1, -0.05) is 0 Å². The van der Waals surface area contributed by atoms with Crippen LogP contribution in [0.3, 0.4) is 0 Å². The van der Waals surface area contributed by atoms with Crippen molar-refractivity contribution in [1.29, 1.82) is 5.41 Å². The van der Waals surface area contributed by atoms with Crippen LogP contribution in [0.2, 0.25) is 0 Å². The van der Waals surface area contributed by atoms with Gasteiger partial charge >= 0.3 is 6.09 Å². The van der Waals surface area contributed by atoms with Crippen molar-refractivity contribution in [2.45, 2.75) is 39.2 Å². The molecule has 6 nitrogen and oxygen atoms in total. The summed E-state index contributed by atoms with van der Waals surface area (Å²) in [6.45, 7) is 7.60. The van der Waals surface area contributed by atoms with Gasteiger partial charge in [0.15, 0.2) is 0 Å². The summed E-state index contributed by atoms with van der Waals surface area (Å²) in [5.41, 5.74) is 5.07. The van der Waals surface area contributed by atoms with Crippen molar-refractivity contribution in [3.8, 4) is 0 Å². The van der Waals surface area contributed by atoms with Crippen LogP contribution in [0.1, 0.15) is 33.6 Å². The Balaban J connectivity index is 2.35. The zero-order valence-electron chi connectivity index (χ0n) is 11.5. The Labute approximate surface area is 108 Å². The van der Waals surface area contributed by atoms with Gasteiger partial charge in [0.1, 0.15) is 5.60 Å². The number of amides is 1. The fraction of sp³-hybridized carbons (Fsp3) is 0.833. The van der Waals surface area contributed by atoms with E-state index in [1.165, 1.54) is 0 Å². The molecule has 0 atom stereocenters. The van der Waals surface area contributed by atoms with E-state index in [0.29, 0.717) is 12.5 Å². The monoisotopic (exact) mass is 256 g/mol. The lowest BCUT2D eigenvalue weighted by Gasteiger charge is -2.33. The Hall–Kier alpha value is -1.30.